The molecule has 0 unspecified atom stereocenters. The Hall–Kier alpha value is -3.91. The van der Waals surface area contributed by atoms with Crippen LogP contribution < -0.4 is 5.73 Å². The molecular formula is C24H22N4. The highest BCUT2D eigenvalue weighted by molar-refractivity contribution is 5.47. The van der Waals surface area contributed by atoms with Crippen molar-refractivity contribution in [1.29, 1.82) is 5.26 Å². The summed E-state index contributed by atoms with van der Waals surface area (Å²) in [7, 11) is 0. The Balaban J connectivity index is 0.000000212. The van der Waals surface area contributed by atoms with E-state index in [0.717, 1.165) is 5.56 Å². The topological polar surface area (TPSA) is 58.5 Å². The van der Waals surface area contributed by atoms with E-state index >= 15 is 0 Å². The number of nitrogens with two attached hydrogens (primary N) is 1. The molecule has 4 nitrogen and oxygen atoms in total. The van der Waals surface area contributed by atoms with Crippen LogP contribution in [0.1, 0.15) is 22.3 Å². The van der Waals surface area contributed by atoms with Gasteiger partial charge in [-0.05, 0) is 19.4 Å². The second-order valence-corrected chi connectivity index (χ2v) is 5.91. The summed E-state index contributed by atoms with van der Waals surface area (Å²) in [5.41, 5.74) is 10.9. The van der Waals surface area contributed by atoms with E-state index in [0.29, 0.717) is 23.5 Å². The maximum Gasteiger partial charge on any atom is 0.187 e. The van der Waals surface area contributed by atoms with Gasteiger partial charge in [0.15, 0.2) is 11.4 Å². The van der Waals surface area contributed by atoms with E-state index in [1.807, 2.05) is 18.2 Å². The van der Waals surface area contributed by atoms with Crippen LogP contribution in [0, 0.1) is 38.3 Å². The van der Waals surface area contributed by atoms with Crippen molar-refractivity contribution in [2.45, 2.75) is 20.4 Å². The van der Waals surface area contributed by atoms with Crippen LogP contribution in [0.2, 0.25) is 0 Å². The van der Waals surface area contributed by atoms with Gasteiger partial charge in [-0.25, -0.2) is 9.69 Å². The summed E-state index contributed by atoms with van der Waals surface area (Å²) in [5.74, 6) is 0. The van der Waals surface area contributed by atoms with Gasteiger partial charge in [-0.15, -0.1) is 0 Å². The van der Waals surface area contributed by atoms with Crippen LogP contribution in [0.5, 0.6) is 0 Å². The Morgan fingerprint density at radius 1 is 0.750 bits per heavy atom. The third-order valence-corrected chi connectivity index (χ3v) is 3.64. The summed E-state index contributed by atoms with van der Waals surface area (Å²) < 4.78 is 0. The van der Waals surface area contributed by atoms with Crippen LogP contribution in [-0.2, 0) is 6.54 Å². The Morgan fingerprint density at radius 2 is 1.14 bits per heavy atom. The molecule has 3 aromatic rings. The normalized spacial score (nSPS) is 8.57. The number of benzene rings is 3. The molecule has 2 N–H and O–H groups in total. The third-order valence-electron chi connectivity index (χ3n) is 3.64. The fourth-order valence-corrected chi connectivity index (χ4v) is 1.95. The van der Waals surface area contributed by atoms with Gasteiger partial charge < -0.3 is 5.73 Å². The molecule has 0 atom stereocenters. The minimum Gasteiger partial charge on any atom is -0.326 e. The van der Waals surface area contributed by atoms with Gasteiger partial charge in [-0.3, -0.25) is 0 Å². The lowest BCUT2D eigenvalue weighted by Gasteiger charge is -1.93. The van der Waals surface area contributed by atoms with Crippen molar-refractivity contribution in [1.82, 2.24) is 0 Å². The van der Waals surface area contributed by atoms with Crippen LogP contribution in [0.3, 0.4) is 0 Å². The average Bonchev–Trinajstić information content (AvgIpc) is 2.76. The van der Waals surface area contributed by atoms with Gasteiger partial charge in [0.05, 0.1) is 19.2 Å². The first kappa shape index (κ1) is 22.1. The van der Waals surface area contributed by atoms with Gasteiger partial charge >= 0.3 is 0 Å². The van der Waals surface area contributed by atoms with Crippen molar-refractivity contribution < 1.29 is 0 Å². The summed E-state index contributed by atoms with van der Waals surface area (Å²) in [6, 6.07) is 24.3. The van der Waals surface area contributed by atoms with Gasteiger partial charge in [0, 0.05) is 12.1 Å². The molecule has 3 rings (SSSR count). The van der Waals surface area contributed by atoms with Crippen molar-refractivity contribution in [2.24, 2.45) is 5.73 Å². The first-order chi connectivity index (χ1) is 13.5. The molecule has 0 aliphatic heterocycles. The smallest absolute Gasteiger partial charge is 0.187 e. The molecule has 0 heterocycles. The minimum absolute atomic E-state index is 0.540. The van der Waals surface area contributed by atoms with Crippen LogP contribution >= 0.6 is 0 Å². The van der Waals surface area contributed by atoms with Crippen LogP contribution in [0.25, 0.3) is 9.69 Å². The summed E-state index contributed by atoms with van der Waals surface area (Å²) >= 11 is 0. The molecular weight excluding hydrogens is 344 g/mol. The number of aryl methyl sites for hydroxylation is 2. The molecule has 28 heavy (non-hydrogen) atoms. The van der Waals surface area contributed by atoms with E-state index in [-0.39, 0.29) is 0 Å². The zero-order valence-corrected chi connectivity index (χ0v) is 16.1. The van der Waals surface area contributed by atoms with E-state index in [1.54, 1.807) is 36.4 Å². The summed E-state index contributed by atoms with van der Waals surface area (Å²) in [4.78, 5) is 6.44. The van der Waals surface area contributed by atoms with E-state index in [4.69, 9.17) is 24.1 Å². The molecule has 0 aromatic heterocycles. The van der Waals surface area contributed by atoms with Crippen molar-refractivity contribution >= 4 is 11.4 Å². The van der Waals surface area contributed by atoms with E-state index in [9.17, 15) is 0 Å². The predicted octanol–water partition coefficient (Wildman–Crippen LogP) is 6.11. The lowest BCUT2D eigenvalue weighted by molar-refractivity contribution is 1.07. The Bertz CT molecular complexity index is 912. The van der Waals surface area contributed by atoms with Crippen molar-refractivity contribution in [2.75, 3.05) is 0 Å². The molecule has 0 aliphatic carbocycles. The monoisotopic (exact) mass is 366 g/mol. The summed E-state index contributed by atoms with van der Waals surface area (Å²) in [6.45, 7) is 18.0. The highest BCUT2D eigenvalue weighted by Crippen LogP contribution is 2.12. The van der Waals surface area contributed by atoms with Crippen molar-refractivity contribution in [3.05, 3.63) is 118 Å². The first-order valence-electron chi connectivity index (χ1n) is 8.59. The maximum atomic E-state index is 8.37. The molecule has 0 radical (unpaired) electrons. The standard InChI is InChI=1S/C8H8N2.C8H4N2.C8H10/c2*1-10-8-4-2-7(6-9)3-5-8;1-7-3-5-8(2)6-4-7/h2-5H,6,9H2;2-5H;3-6H,1-2H3. The molecule has 138 valence electrons. The quantitative estimate of drug-likeness (QED) is 0.528. The molecule has 0 spiro atoms. The molecule has 0 saturated heterocycles. The van der Waals surface area contributed by atoms with Crippen LogP contribution in [-0.4, -0.2) is 0 Å². The minimum atomic E-state index is 0.540. The Labute approximate surface area is 167 Å². The van der Waals surface area contributed by atoms with E-state index in [2.05, 4.69) is 47.8 Å². The van der Waals surface area contributed by atoms with Gasteiger partial charge in [-0.2, -0.15) is 5.26 Å². The van der Waals surface area contributed by atoms with Crippen molar-refractivity contribution in [3.63, 3.8) is 0 Å². The van der Waals surface area contributed by atoms with Gasteiger partial charge in [-0.1, -0.05) is 83.9 Å². The largest absolute Gasteiger partial charge is 0.326 e. The zero-order valence-electron chi connectivity index (χ0n) is 16.1. The second kappa shape index (κ2) is 12.4. The second-order valence-electron chi connectivity index (χ2n) is 5.91. The number of rotatable bonds is 1. The number of nitriles is 1. The lowest BCUT2D eigenvalue weighted by Crippen LogP contribution is -1.94. The van der Waals surface area contributed by atoms with Crippen molar-refractivity contribution in [3.8, 4) is 6.07 Å². The molecule has 4 heteroatoms. The highest BCUT2D eigenvalue weighted by Gasteiger charge is 1.89. The van der Waals surface area contributed by atoms with Gasteiger partial charge in [0.1, 0.15) is 0 Å². The van der Waals surface area contributed by atoms with Gasteiger partial charge in [0.25, 0.3) is 0 Å². The Kier molecular flexibility index (Phi) is 9.84. The average molecular weight is 366 g/mol. The van der Waals surface area contributed by atoms with Crippen LogP contribution in [0.4, 0.5) is 11.4 Å². The molecule has 0 aliphatic rings. The maximum absolute atomic E-state index is 8.37. The lowest BCUT2D eigenvalue weighted by atomic mass is 10.2. The number of hydrogen-bond donors (Lipinski definition) is 1. The predicted molar refractivity (Wildman–Crippen MR) is 114 cm³/mol. The fourth-order valence-electron chi connectivity index (χ4n) is 1.95. The zero-order chi connectivity index (χ0) is 20.8. The fraction of sp³-hybridized carbons (Fsp3) is 0.125. The Morgan fingerprint density at radius 3 is 1.46 bits per heavy atom. The SMILES string of the molecule is Cc1ccc(C)cc1.[C-]#[N+]c1ccc(C#N)cc1.[C-]#[N+]c1ccc(CN)cc1. The molecule has 0 amide bonds. The molecule has 0 saturated carbocycles. The van der Waals surface area contributed by atoms with Crippen LogP contribution in [0.15, 0.2) is 72.8 Å². The third kappa shape index (κ3) is 8.45. The molecule has 0 fully saturated rings. The number of hydrogen-bond acceptors (Lipinski definition) is 2. The summed E-state index contributed by atoms with van der Waals surface area (Å²) in [5, 5.41) is 8.37. The van der Waals surface area contributed by atoms with E-state index < -0.39 is 0 Å². The summed E-state index contributed by atoms with van der Waals surface area (Å²) in [6.07, 6.45) is 0. The highest BCUT2D eigenvalue weighted by atomic mass is 14.6. The van der Waals surface area contributed by atoms with Gasteiger partial charge in [0.2, 0.25) is 0 Å². The molecule has 3 aromatic carbocycles. The van der Waals surface area contributed by atoms with E-state index in [1.165, 1.54) is 11.1 Å². The number of nitrogens with zero attached hydrogens (tertiary/aromatic N) is 3. The first-order valence-corrected chi connectivity index (χ1v) is 8.59. The molecule has 0 bridgehead atoms.